The topological polar surface area (TPSA) is 0 Å². The van der Waals surface area contributed by atoms with Gasteiger partial charge in [-0.1, -0.05) is 107 Å². The van der Waals surface area contributed by atoms with Crippen molar-refractivity contribution in [2.24, 2.45) is 0 Å². The van der Waals surface area contributed by atoms with Crippen LogP contribution in [0.2, 0.25) is 0 Å². The van der Waals surface area contributed by atoms with Crippen LogP contribution in [-0.4, -0.2) is 0 Å². The maximum atomic E-state index is 2.38. The zero-order chi connectivity index (χ0) is 16.9. The summed E-state index contributed by atoms with van der Waals surface area (Å²) < 4.78 is 0. The maximum absolute atomic E-state index is 2.38. The highest BCUT2D eigenvalue weighted by atomic mass is 14.2. The first kappa shape index (κ1) is 19.0. The Balaban J connectivity index is 0.000000615. The Morgan fingerprint density at radius 3 is 1.52 bits per heavy atom. The molecule has 0 spiro atoms. The molecular weight excluding hydrogens is 276 g/mol. The van der Waals surface area contributed by atoms with Gasteiger partial charge in [0.25, 0.3) is 0 Å². The third-order valence-corrected chi connectivity index (χ3v) is 3.62. The van der Waals surface area contributed by atoms with Crippen molar-refractivity contribution in [2.45, 2.75) is 46.5 Å². The Morgan fingerprint density at radius 2 is 1.13 bits per heavy atom. The van der Waals surface area contributed by atoms with Crippen LogP contribution in [0.25, 0.3) is 0 Å². The molecule has 0 unspecified atom stereocenters. The van der Waals surface area contributed by atoms with E-state index in [2.05, 4.69) is 78.9 Å². The SMILES string of the molecule is C1=CC(C(c2ccccc2)c2ccccc2)=CCC1.CC.CC. The smallest absolute Gasteiger partial charge is 0.0336 e. The minimum atomic E-state index is 0.360. The van der Waals surface area contributed by atoms with Crippen LogP contribution >= 0.6 is 0 Å². The van der Waals surface area contributed by atoms with E-state index < -0.39 is 0 Å². The number of hydrogen-bond acceptors (Lipinski definition) is 0. The van der Waals surface area contributed by atoms with Crippen molar-refractivity contribution in [2.75, 3.05) is 0 Å². The molecule has 0 radical (unpaired) electrons. The highest BCUT2D eigenvalue weighted by Gasteiger charge is 2.17. The molecule has 0 N–H and O–H groups in total. The van der Waals surface area contributed by atoms with Gasteiger partial charge in [-0.15, -0.1) is 0 Å². The largest absolute Gasteiger partial charge is 0.0839 e. The zero-order valence-electron chi connectivity index (χ0n) is 15.0. The molecule has 0 saturated heterocycles. The number of rotatable bonds is 3. The molecule has 0 aromatic heterocycles. The minimum Gasteiger partial charge on any atom is -0.0839 e. The van der Waals surface area contributed by atoms with Crippen LogP contribution in [0.3, 0.4) is 0 Å². The molecule has 0 heteroatoms. The normalized spacial score (nSPS) is 12.5. The van der Waals surface area contributed by atoms with Crippen molar-refractivity contribution in [3.63, 3.8) is 0 Å². The fourth-order valence-corrected chi connectivity index (χ4v) is 2.72. The maximum Gasteiger partial charge on any atom is 0.0336 e. The molecule has 2 aromatic carbocycles. The van der Waals surface area contributed by atoms with Gasteiger partial charge in [0.05, 0.1) is 0 Å². The minimum absolute atomic E-state index is 0.360. The van der Waals surface area contributed by atoms with E-state index in [4.69, 9.17) is 0 Å². The first-order valence-electron chi connectivity index (χ1n) is 8.91. The third kappa shape index (κ3) is 5.56. The average molecular weight is 306 g/mol. The van der Waals surface area contributed by atoms with E-state index in [1.165, 1.54) is 23.1 Å². The van der Waals surface area contributed by atoms with Crippen LogP contribution in [0.4, 0.5) is 0 Å². The average Bonchev–Trinajstić information content (AvgIpc) is 2.68. The molecule has 0 amide bonds. The van der Waals surface area contributed by atoms with Gasteiger partial charge in [-0.05, 0) is 29.5 Å². The second-order valence-corrected chi connectivity index (χ2v) is 4.94. The molecule has 1 aliphatic carbocycles. The summed E-state index contributed by atoms with van der Waals surface area (Å²) in [5, 5.41) is 0. The van der Waals surface area contributed by atoms with Gasteiger partial charge in [-0.25, -0.2) is 0 Å². The summed E-state index contributed by atoms with van der Waals surface area (Å²) in [5.74, 6) is 0.360. The summed E-state index contributed by atoms with van der Waals surface area (Å²) in [6, 6.07) is 21.5. The van der Waals surface area contributed by atoms with Crippen LogP contribution in [0.1, 0.15) is 57.6 Å². The van der Waals surface area contributed by atoms with Crippen molar-refractivity contribution >= 4 is 0 Å². The Bertz CT molecular complexity index is 536. The van der Waals surface area contributed by atoms with E-state index in [0.29, 0.717) is 5.92 Å². The Morgan fingerprint density at radius 1 is 0.652 bits per heavy atom. The van der Waals surface area contributed by atoms with Crippen LogP contribution in [0.5, 0.6) is 0 Å². The molecule has 0 aliphatic heterocycles. The third-order valence-electron chi connectivity index (χ3n) is 3.62. The van der Waals surface area contributed by atoms with Crippen LogP contribution in [0.15, 0.2) is 84.5 Å². The molecule has 23 heavy (non-hydrogen) atoms. The number of hydrogen-bond donors (Lipinski definition) is 0. The molecule has 1 aliphatic rings. The van der Waals surface area contributed by atoms with Crippen molar-refractivity contribution in [3.8, 4) is 0 Å². The van der Waals surface area contributed by atoms with E-state index in [0.717, 1.165) is 6.42 Å². The molecule has 0 bridgehead atoms. The van der Waals surface area contributed by atoms with Gasteiger partial charge in [0, 0.05) is 5.92 Å². The number of allylic oxidation sites excluding steroid dienone is 4. The molecule has 2 aromatic rings. The van der Waals surface area contributed by atoms with Gasteiger partial charge in [0.1, 0.15) is 0 Å². The van der Waals surface area contributed by atoms with Gasteiger partial charge < -0.3 is 0 Å². The Hall–Kier alpha value is -2.08. The molecule has 0 nitrogen and oxygen atoms in total. The second kappa shape index (κ2) is 11.5. The van der Waals surface area contributed by atoms with Gasteiger partial charge >= 0.3 is 0 Å². The summed E-state index contributed by atoms with van der Waals surface area (Å²) in [7, 11) is 0. The fraction of sp³-hybridized carbons (Fsp3) is 0.304. The van der Waals surface area contributed by atoms with Gasteiger partial charge in [0.2, 0.25) is 0 Å². The molecule has 0 saturated carbocycles. The second-order valence-electron chi connectivity index (χ2n) is 4.94. The lowest BCUT2D eigenvalue weighted by Gasteiger charge is -2.21. The van der Waals surface area contributed by atoms with Gasteiger partial charge in [-0.3, -0.25) is 0 Å². The molecule has 0 fully saturated rings. The van der Waals surface area contributed by atoms with E-state index in [9.17, 15) is 0 Å². The first-order valence-corrected chi connectivity index (χ1v) is 8.91. The van der Waals surface area contributed by atoms with Crippen molar-refractivity contribution < 1.29 is 0 Å². The van der Waals surface area contributed by atoms with E-state index in [1.807, 2.05) is 27.7 Å². The standard InChI is InChI=1S/C19H18.2C2H6/c1-4-10-16(11-5-1)19(17-12-6-2-7-13-17)18-14-8-3-9-15-18;2*1-2/h1-2,4-8,10-15,19H,3,9H2;2*1-2H3. The molecule has 0 heterocycles. The van der Waals surface area contributed by atoms with Crippen molar-refractivity contribution in [3.05, 3.63) is 95.6 Å². The fourth-order valence-electron chi connectivity index (χ4n) is 2.72. The van der Waals surface area contributed by atoms with Crippen LogP contribution in [-0.2, 0) is 0 Å². The first-order chi connectivity index (χ1) is 11.4. The predicted octanol–water partition coefficient (Wildman–Crippen LogP) is 7.15. The Labute approximate surface area is 142 Å². The quantitative estimate of drug-likeness (QED) is 0.565. The van der Waals surface area contributed by atoms with Crippen LogP contribution in [0, 0.1) is 0 Å². The predicted molar refractivity (Wildman–Crippen MR) is 104 cm³/mol. The number of benzene rings is 2. The van der Waals surface area contributed by atoms with Crippen molar-refractivity contribution in [1.29, 1.82) is 0 Å². The molecule has 0 atom stereocenters. The lowest BCUT2D eigenvalue weighted by molar-refractivity contribution is 0.920. The molecule has 122 valence electrons. The van der Waals surface area contributed by atoms with Gasteiger partial charge in [0.15, 0.2) is 0 Å². The summed E-state index contributed by atoms with van der Waals surface area (Å²) >= 11 is 0. The summed E-state index contributed by atoms with van der Waals surface area (Å²) in [5.41, 5.74) is 4.15. The van der Waals surface area contributed by atoms with Crippen LogP contribution < -0.4 is 0 Å². The monoisotopic (exact) mass is 306 g/mol. The van der Waals surface area contributed by atoms with E-state index in [-0.39, 0.29) is 0 Å². The van der Waals surface area contributed by atoms with Crippen molar-refractivity contribution in [1.82, 2.24) is 0 Å². The summed E-state index contributed by atoms with van der Waals surface area (Å²) in [4.78, 5) is 0. The summed E-state index contributed by atoms with van der Waals surface area (Å²) in [6.45, 7) is 8.00. The van der Waals surface area contributed by atoms with E-state index in [1.54, 1.807) is 0 Å². The van der Waals surface area contributed by atoms with E-state index >= 15 is 0 Å². The summed E-state index contributed by atoms with van der Waals surface area (Å²) in [6.07, 6.45) is 9.27. The lowest BCUT2D eigenvalue weighted by atomic mass is 9.83. The lowest BCUT2D eigenvalue weighted by Crippen LogP contribution is -2.04. The molecule has 3 rings (SSSR count). The Kier molecular flexibility index (Phi) is 9.47. The molecular formula is C23H30. The highest BCUT2D eigenvalue weighted by Crippen LogP contribution is 2.34. The zero-order valence-corrected chi connectivity index (χ0v) is 15.0. The van der Waals surface area contributed by atoms with Gasteiger partial charge in [-0.2, -0.15) is 0 Å². The highest BCUT2D eigenvalue weighted by molar-refractivity contribution is 5.45.